The summed E-state index contributed by atoms with van der Waals surface area (Å²) in [4.78, 5) is 12.7. The van der Waals surface area contributed by atoms with Crippen molar-refractivity contribution in [2.45, 2.75) is 40.8 Å². The topological polar surface area (TPSA) is 83.3 Å². The van der Waals surface area contributed by atoms with Crippen LogP contribution in [0.15, 0.2) is 51.3 Å². The van der Waals surface area contributed by atoms with E-state index in [1.165, 1.54) is 5.56 Å². The van der Waals surface area contributed by atoms with Crippen molar-refractivity contribution in [3.63, 3.8) is 0 Å². The number of carbonyl (C=O) groups is 1. The molecular formula is C23H23N3O4. The van der Waals surface area contributed by atoms with Crippen LogP contribution in [0.1, 0.15) is 44.7 Å². The van der Waals surface area contributed by atoms with Gasteiger partial charge in [0.05, 0.1) is 11.1 Å². The standard InChI is InChI=1S/C23H23N3O4/c1-14-10-19(16(3)26(14)12-18-8-6-5-7-9-18)23(27)28-13-21-24-25-22(30-21)20-11-15(2)29-17(20)4/h5-11H,12-13H2,1-4H3. The molecule has 0 atom stereocenters. The van der Waals surface area contributed by atoms with Gasteiger partial charge in [-0.25, -0.2) is 4.79 Å². The Kier molecular flexibility index (Phi) is 5.27. The molecule has 3 heterocycles. The molecule has 7 nitrogen and oxygen atoms in total. The molecule has 0 amide bonds. The average Bonchev–Trinajstić information content (AvgIpc) is 3.40. The summed E-state index contributed by atoms with van der Waals surface area (Å²) in [7, 11) is 0. The molecule has 0 saturated carbocycles. The van der Waals surface area contributed by atoms with Gasteiger partial charge in [-0.1, -0.05) is 30.3 Å². The molecule has 0 fully saturated rings. The maximum Gasteiger partial charge on any atom is 0.340 e. The van der Waals surface area contributed by atoms with Gasteiger partial charge in [-0.05, 0) is 45.4 Å². The predicted octanol–water partition coefficient (Wildman–Crippen LogP) is 4.77. The van der Waals surface area contributed by atoms with Crippen LogP contribution < -0.4 is 0 Å². The predicted molar refractivity (Wildman–Crippen MR) is 110 cm³/mol. The van der Waals surface area contributed by atoms with Gasteiger partial charge in [0.25, 0.3) is 11.8 Å². The summed E-state index contributed by atoms with van der Waals surface area (Å²) in [6.45, 7) is 8.18. The van der Waals surface area contributed by atoms with Crippen LogP contribution in [0.2, 0.25) is 0 Å². The SMILES string of the molecule is Cc1cc(-c2nnc(COC(=O)c3cc(C)n(Cc4ccccc4)c3C)o2)c(C)o1. The first-order valence-electron chi connectivity index (χ1n) is 9.70. The lowest BCUT2D eigenvalue weighted by atomic mass is 10.2. The van der Waals surface area contributed by atoms with Gasteiger partial charge >= 0.3 is 5.97 Å². The zero-order chi connectivity index (χ0) is 21.3. The summed E-state index contributed by atoms with van der Waals surface area (Å²) in [6, 6.07) is 13.8. The lowest BCUT2D eigenvalue weighted by Gasteiger charge is -2.10. The molecule has 0 aliphatic heterocycles. The van der Waals surface area contributed by atoms with E-state index < -0.39 is 5.97 Å². The largest absolute Gasteiger partial charge is 0.466 e. The summed E-state index contributed by atoms with van der Waals surface area (Å²) in [6.07, 6.45) is 0. The highest BCUT2D eigenvalue weighted by Crippen LogP contribution is 2.25. The number of esters is 1. The van der Waals surface area contributed by atoms with Gasteiger partial charge in [0.2, 0.25) is 0 Å². The van der Waals surface area contributed by atoms with Crippen LogP contribution in [-0.4, -0.2) is 20.7 Å². The molecule has 0 aliphatic carbocycles. The molecule has 1 aromatic carbocycles. The fourth-order valence-corrected chi connectivity index (χ4v) is 3.49. The molecule has 3 aromatic heterocycles. The van der Waals surface area contributed by atoms with E-state index in [2.05, 4.69) is 26.9 Å². The lowest BCUT2D eigenvalue weighted by Crippen LogP contribution is -2.09. The summed E-state index contributed by atoms with van der Waals surface area (Å²) >= 11 is 0. The van der Waals surface area contributed by atoms with Crippen LogP contribution in [-0.2, 0) is 17.9 Å². The number of rotatable bonds is 6. The van der Waals surface area contributed by atoms with Crippen molar-refractivity contribution in [2.24, 2.45) is 0 Å². The van der Waals surface area contributed by atoms with E-state index in [1.54, 1.807) is 0 Å². The number of aromatic nitrogens is 3. The lowest BCUT2D eigenvalue weighted by molar-refractivity contribution is 0.0437. The molecular weight excluding hydrogens is 382 g/mol. The number of aryl methyl sites for hydroxylation is 3. The minimum atomic E-state index is -0.419. The normalized spacial score (nSPS) is 11.1. The van der Waals surface area contributed by atoms with Gasteiger partial charge in [-0.3, -0.25) is 0 Å². The van der Waals surface area contributed by atoms with Crippen LogP contribution in [0.5, 0.6) is 0 Å². The summed E-state index contributed by atoms with van der Waals surface area (Å²) in [5.41, 5.74) is 4.29. The highest BCUT2D eigenvalue weighted by atomic mass is 16.5. The fraction of sp³-hybridized carbons (Fsp3) is 0.261. The maximum atomic E-state index is 12.7. The second-order valence-corrected chi connectivity index (χ2v) is 7.26. The second kappa shape index (κ2) is 8.02. The van der Waals surface area contributed by atoms with Crippen molar-refractivity contribution >= 4 is 5.97 Å². The molecule has 0 bridgehead atoms. The Bertz CT molecular complexity index is 1180. The first-order chi connectivity index (χ1) is 14.4. The van der Waals surface area contributed by atoms with E-state index in [0.29, 0.717) is 23.8 Å². The van der Waals surface area contributed by atoms with Crippen LogP contribution >= 0.6 is 0 Å². The van der Waals surface area contributed by atoms with Gasteiger partial charge in [-0.15, -0.1) is 10.2 Å². The van der Waals surface area contributed by atoms with Gasteiger partial charge < -0.3 is 18.1 Å². The van der Waals surface area contributed by atoms with E-state index in [-0.39, 0.29) is 12.5 Å². The molecule has 0 aliphatic rings. The molecule has 30 heavy (non-hydrogen) atoms. The highest BCUT2D eigenvalue weighted by molar-refractivity contribution is 5.91. The van der Waals surface area contributed by atoms with E-state index in [9.17, 15) is 4.79 Å². The average molecular weight is 405 g/mol. The first kappa shape index (κ1) is 19.7. The van der Waals surface area contributed by atoms with Crippen molar-refractivity contribution in [1.29, 1.82) is 0 Å². The van der Waals surface area contributed by atoms with Gasteiger partial charge in [0.1, 0.15) is 11.5 Å². The Hall–Kier alpha value is -3.61. The third-order valence-corrected chi connectivity index (χ3v) is 5.04. The molecule has 7 heteroatoms. The number of nitrogens with zero attached hydrogens (tertiary/aromatic N) is 3. The van der Waals surface area contributed by atoms with Gasteiger partial charge in [0, 0.05) is 17.9 Å². The molecule has 0 saturated heterocycles. The van der Waals surface area contributed by atoms with Crippen LogP contribution in [0.25, 0.3) is 11.5 Å². The molecule has 0 spiro atoms. The van der Waals surface area contributed by atoms with E-state index in [0.717, 1.165) is 22.7 Å². The van der Waals surface area contributed by atoms with Crippen molar-refractivity contribution in [3.05, 3.63) is 82.4 Å². The first-order valence-corrected chi connectivity index (χ1v) is 9.70. The quantitative estimate of drug-likeness (QED) is 0.430. The van der Waals surface area contributed by atoms with Gasteiger partial charge in [-0.2, -0.15) is 0 Å². The summed E-state index contributed by atoms with van der Waals surface area (Å²) in [5.74, 6) is 1.62. The minimum Gasteiger partial charge on any atom is -0.466 e. The van der Waals surface area contributed by atoms with Crippen molar-refractivity contribution in [1.82, 2.24) is 14.8 Å². The molecule has 0 N–H and O–H groups in total. The van der Waals surface area contributed by atoms with E-state index >= 15 is 0 Å². The highest BCUT2D eigenvalue weighted by Gasteiger charge is 2.19. The maximum absolute atomic E-state index is 12.7. The van der Waals surface area contributed by atoms with E-state index in [4.69, 9.17) is 13.6 Å². The third kappa shape index (κ3) is 3.91. The van der Waals surface area contributed by atoms with Crippen molar-refractivity contribution < 1.29 is 18.4 Å². The molecule has 4 rings (SSSR count). The summed E-state index contributed by atoms with van der Waals surface area (Å²) < 4.78 is 18.6. The number of hydrogen-bond donors (Lipinski definition) is 0. The molecule has 0 radical (unpaired) electrons. The fourth-order valence-electron chi connectivity index (χ4n) is 3.49. The number of hydrogen-bond acceptors (Lipinski definition) is 6. The van der Waals surface area contributed by atoms with Crippen molar-refractivity contribution in [3.8, 4) is 11.5 Å². The Morgan fingerprint density at radius 3 is 2.50 bits per heavy atom. The minimum absolute atomic E-state index is 0.0932. The Labute approximate surface area is 174 Å². The number of ether oxygens (including phenoxy) is 1. The number of furan rings is 1. The zero-order valence-corrected chi connectivity index (χ0v) is 17.4. The Morgan fingerprint density at radius 1 is 1.03 bits per heavy atom. The van der Waals surface area contributed by atoms with Crippen LogP contribution in [0.3, 0.4) is 0 Å². The molecule has 154 valence electrons. The summed E-state index contributed by atoms with van der Waals surface area (Å²) in [5, 5.41) is 7.99. The number of carbonyl (C=O) groups excluding carboxylic acids is 1. The Morgan fingerprint density at radius 2 is 1.80 bits per heavy atom. The third-order valence-electron chi connectivity index (χ3n) is 5.04. The number of benzene rings is 1. The van der Waals surface area contributed by atoms with E-state index in [1.807, 2.05) is 58.0 Å². The molecule has 0 unspecified atom stereocenters. The van der Waals surface area contributed by atoms with Crippen molar-refractivity contribution in [2.75, 3.05) is 0 Å². The monoisotopic (exact) mass is 405 g/mol. The smallest absolute Gasteiger partial charge is 0.340 e. The van der Waals surface area contributed by atoms with Crippen LogP contribution in [0, 0.1) is 27.7 Å². The Balaban J connectivity index is 1.45. The zero-order valence-electron chi connectivity index (χ0n) is 17.4. The van der Waals surface area contributed by atoms with Gasteiger partial charge in [0.15, 0.2) is 6.61 Å². The van der Waals surface area contributed by atoms with Crippen LogP contribution in [0.4, 0.5) is 0 Å². The second-order valence-electron chi connectivity index (χ2n) is 7.26. The molecule has 4 aromatic rings.